The van der Waals surface area contributed by atoms with E-state index in [1.54, 1.807) is 0 Å². The molecule has 106 valence electrons. The maximum atomic E-state index is 11.8. The maximum absolute atomic E-state index is 11.8. The third-order valence-electron chi connectivity index (χ3n) is 1.90. The zero-order valence-corrected chi connectivity index (χ0v) is 10.3. The largest absolute Gasteiger partial charge is 0.478 e. The Morgan fingerprint density at radius 3 is 2.79 bits per heavy atom. The summed E-state index contributed by atoms with van der Waals surface area (Å²) in [4.78, 5) is 14.6. The van der Waals surface area contributed by atoms with E-state index in [-0.39, 0.29) is 29.6 Å². The first-order valence-corrected chi connectivity index (χ1v) is 5.44. The van der Waals surface area contributed by atoms with Crippen molar-refractivity contribution in [3.8, 4) is 0 Å². The summed E-state index contributed by atoms with van der Waals surface area (Å²) in [7, 11) is 0. The molecule has 9 heteroatoms. The summed E-state index contributed by atoms with van der Waals surface area (Å²) in [6, 6.07) is 1.19. The van der Waals surface area contributed by atoms with Gasteiger partial charge in [-0.3, -0.25) is 0 Å². The minimum absolute atomic E-state index is 0.0219. The Labute approximate surface area is 111 Å². The first-order chi connectivity index (χ1) is 8.79. The topological polar surface area (TPSA) is 71.5 Å². The quantitative estimate of drug-likeness (QED) is 0.789. The van der Waals surface area contributed by atoms with E-state index in [1.165, 1.54) is 6.07 Å². The van der Waals surface area contributed by atoms with E-state index in [2.05, 4.69) is 15.0 Å². The molecule has 2 N–H and O–H groups in total. The molecule has 0 spiro atoms. The standard InChI is InChI=1S/C10H10ClF3N2O3/c11-7-4-16-8(3-6(7)9(17)18)15-1-2-19-5-10(12,13)14/h3-4H,1-2,5H2,(H,15,16)(H,17,18). The van der Waals surface area contributed by atoms with Crippen molar-refractivity contribution in [2.24, 2.45) is 0 Å². The van der Waals surface area contributed by atoms with Gasteiger partial charge in [0.1, 0.15) is 12.4 Å². The average molecular weight is 299 g/mol. The number of hydrogen-bond donors (Lipinski definition) is 2. The number of halogens is 4. The van der Waals surface area contributed by atoms with Crippen molar-refractivity contribution >= 4 is 23.4 Å². The molecule has 0 fully saturated rings. The highest BCUT2D eigenvalue weighted by molar-refractivity contribution is 6.33. The number of carbonyl (C=O) groups is 1. The number of aromatic carboxylic acids is 1. The van der Waals surface area contributed by atoms with Crippen molar-refractivity contribution in [3.63, 3.8) is 0 Å². The van der Waals surface area contributed by atoms with Crippen LogP contribution in [0.15, 0.2) is 12.3 Å². The van der Waals surface area contributed by atoms with Crippen molar-refractivity contribution in [1.29, 1.82) is 0 Å². The first-order valence-electron chi connectivity index (χ1n) is 5.07. The minimum atomic E-state index is -4.37. The smallest absolute Gasteiger partial charge is 0.411 e. The van der Waals surface area contributed by atoms with Gasteiger partial charge in [-0.2, -0.15) is 13.2 Å². The molecule has 0 atom stereocenters. The lowest BCUT2D eigenvalue weighted by Crippen LogP contribution is -2.20. The molecule has 0 aliphatic rings. The number of nitrogens with one attached hydrogen (secondary N) is 1. The van der Waals surface area contributed by atoms with Gasteiger partial charge in [0.05, 0.1) is 17.2 Å². The molecule has 1 aromatic rings. The number of aromatic nitrogens is 1. The van der Waals surface area contributed by atoms with Crippen LogP contribution in [0.3, 0.4) is 0 Å². The SMILES string of the molecule is O=C(O)c1cc(NCCOCC(F)(F)F)ncc1Cl. The Hall–Kier alpha value is -1.54. The summed E-state index contributed by atoms with van der Waals surface area (Å²) < 4.78 is 39.6. The number of carboxylic acid groups (broad SMARTS) is 1. The molecule has 0 saturated carbocycles. The zero-order valence-electron chi connectivity index (χ0n) is 9.50. The molecule has 0 aliphatic heterocycles. The lowest BCUT2D eigenvalue weighted by Gasteiger charge is -2.09. The molecule has 1 heterocycles. The van der Waals surface area contributed by atoms with E-state index in [4.69, 9.17) is 16.7 Å². The van der Waals surface area contributed by atoms with Crippen molar-refractivity contribution in [1.82, 2.24) is 4.98 Å². The summed E-state index contributed by atoms with van der Waals surface area (Å²) in [5, 5.41) is 11.4. The van der Waals surface area contributed by atoms with Gasteiger partial charge in [-0.1, -0.05) is 11.6 Å². The van der Waals surface area contributed by atoms with Crippen LogP contribution in [0.25, 0.3) is 0 Å². The van der Waals surface area contributed by atoms with Crippen LogP contribution in [0.5, 0.6) is 0 Å². The summed E-state index contributed by atoms with van der Waals surface area (Å²) in [6.45, 7) is -1.46. The van der Waals surface area contributed by atoms with Crippen LogP contribution in [0.1, 0.15) is 10.4 Å². The molecule has 0 radical (unpaired) electrons. The molecule has 0 amide bonds. The van der Waals surface area contributed by atoms with Gasteiger partial charge < -0.3 is 15.2 Å². The van der Waals surface area contributed by atoms with Crippen molar-refractivity contribution in [2.75, 3.05) is 25.1 Å². The van der Waals surface area contributed by atoms with Crippen LogP contribution in [-0.2, 0) is 4.74 Å². The summed E-state index contributed by atoms with van der Waals surface area (Å²) in [5.74, 6) is -1.03. The van der Waals surface area contributed by atoms with E-state index in [0.29, 0.717) is 0 Å². The van der Waals surface area contributed by atoms with Crippen LogP contribution in [-0.4, -0.2) is 42.0 Å². The van der Waals surface area contributed by atoms with Gasteiger partial charge in [-0.15, -0.1) is 0 Å². The van der Waals surface area contributed by atoms with E-state index >= 15 is 0 Å². The molecule has 19 heavy (non-hydrogen) atoms. The van der Waals surface area contributed by atoms with Crippen molar-refractivity contribution in [2.45, 2.75) is 6.18 Å². The summed E-state index contributed by atoms with van der Waals surface area (Å²) in [5.41, 5.74) is -0.143. The van der Waals surface area contributed by atoms with Gasteiger partial charge in [0.2, 0.25) is 0 Å². The second kappa shape index (κ2) is 6.58. The van der Waals surface area contributed by atoms with Gasteiger partial charge >= 0.3 is 12.1 Å². The summed E-state index contributed by atoms with van der Waals surface area (Å²) in [6.07, 6.45) is -3.22. The van der Waals surface area contributed by atoms with Crippen molar-refractivity contribution < 1.29 is 27.8 Å². The lowest BCUT2D eigenvalue weighted by atomic mass is 10.2. The number of carboxylic acids is 1. The fourth-order valence-electron chi connectivity index (χ4n) is 1.14. The van der Waals surface area contributed by atoms with Gasteiger partial charge in [0.25, 0.3) is 0 Å². The number of hydrogen-bond acceptors (Lipinski definition) is 4. The van der Waals surface area contributed by atoms with Gasteiger partial charge in [-0.25, -0.2) is 9.78 Å². The second-order valence-corrected chi connectivity index (χ2v) is 3.86. The van der Waals surface area contributed by atoms with Gasteiger partial charge in [0.15, 0.2) is 0 Å². The number of anilines is 1. The normalized spacial score (nSPS) is 11.4. The van der Waals surface area contributed by atoms with Crippen LogP contribution < -0.4 is 5.32 Å². The third-order valence-corrected chi connectivity index (χ3v) is 2.21. The number of ether oxygens (including phenoxy) is 1. The number of nitrogens with zero attached hydrogens (tertiary/aromatic N) is 1. The molecule has 0 aliphatic carbocycles. The van der Waals surface area contributed by atoms with Crippen LogP contribution in [0.4, 0.5) is 19.0 Å². The number of alkyl halides is 3. The van der Waals surface area contributed by atoms with Crippen LogP contribution >= 0.6 is 11.6 Å². The Kier molecular flexibility index (Phi) is 5.37. The molecule has 0 aromatic carbocycles. The van der Waals surface area contributed by atoms with Gasteiger partial charge in [-0.05, 0) is 6.07 Å². The highest BCUT2D eigenvalue weighted by Crippen LogP contribution is 2.18. The molecule has 1 rings (SSSR count). The first kappa shape index (κ1) is 15.5. The van der Waals surface area contributed by atoms with Crippen LogP contribution in [0, 0.1) is 0 Å². The summed E-state index contributed by atoms with van der Waals surface area (Å²) >= 11 is 5.60. The van der Waals surface area contributed by atoms with E-state index in [0.717, 1.165) is 6.20 Å². The lowest BCUT2D eigenvalue weighted by molar-refractivity contribution is -0.172. The highest BCUT2D eigenvalue weighted by atomic mass is 35.5. The van der Waals surface area contributed by atoms with Gasteiger partial charge in [0, 0.05) is 12.7 Å². The highest BCUT2D eigenvalue weighted by Gasteiger charge is 2.27. The van der Waals surface area contributed by atoms with E-state index in [1.807, 2.05) is 0 Å². The maximum Gasteiger partial charge on any atom is 0.411 e. The fraction of sp³-hybridized carbons (Fsp3) is 0.400. The predicted octanol–water partition coefficient (Wildman–Crippen LogP) is 2.42. The molecule has 1 aromatic heterocycles. The third kappa shape index (κ3) is 5.75. The fourth-order valence-corrected chi connectivity index (χ4v) is 1.32. The second-order valence-electron chi connectivity index (χ2n) is 3.45. The molecule has 0 saturated heterocycles. The van der Waals surface area contributed by atoms with E-state index < -0.39 is 18.8 Å². The minimum Gasteiger partial charge on any atom is -0.478 e. The number of pyridine rings is 1. The molecule has 0 unspecified atom stereocenters. The zero-order chi connectivity index (χ0) is 14.5. The molecule has 0 bridgehead atoms. The van der Waals surface area contributed by atoms with E-state index in [9.17, 15) is 18.0 Å². The number of rotatable bonds is 6. The monoisotopic (exact) mass is 298 g/mol. The van der Waals surface area contributed by atoms with Crippen molar-refractivity contribution in [3.05, 3.63) is 22.8 Å². The molecular weight excluding hydrogens is 289 g/mol. The molecular formula is C10H10ClF3N2O3. The molecule has 5 nitrogen and oxygen atoms in total. The Morgan fingerprint density at radius 2 is 2.21 bits per heavy atom. The Morgan fingerprint density at radius 1 is 1.53 bits per heavy atom. The average Bonchev–Trinajstić information content (AvgIpc) is 2.29. The Balaban J connectivity index is 2.42. The Bertz CT molecular complexity index is 454. The predicted molar refractivity (Wildman–Crippen MR) is 61.6 cm³/mol. The van der Waals surface area contributed by atoms with Crippen LogP contribution in [0.2, 0.25) is 5.02 Å².